The van der Waals surface area contributed by atoms with Gasteiger partial charge in [-0.15, -0.1) is 12.1 Å². The van der Waals surface area contributed by atoms with Gasteiger partial charge in [0, 0.05) is 12.4 Å². The molecule has 2 aromatic rings. The van der Waals surface area contributed by atoms with Crippen molar-refractivity contribution in [2.45, 2.75) is 0 Å². The van der Waals surface area contributed by atoms with Crippen LogP contribution in [-0.2, 0) is 20.4 Å². The van der Waals surface area contributed by atoms with Crippen molar-refractivity contribution in [3.05, 3.63) is 73.0 Å². The van der Waals surface area contributed by atoms with Crippen LogP contribution in [0, 0.1) is 24.7 Å². The second kappa shape index (κ2) is 9.32. The Bertz CT molecular complexity index is 446. The van der Waals surface area contributed by atoms with Gasteiger partial charge < -0.3 is 22.8 Å². The average molecular weight is 311 g/mol. The van der Waals surface area contributed by atoms with E-state index in [1.165, 1.54) is 0 Å². The van der Waals surface area contributed by atoms with E-state index in [-0.39, 0.29) is 20.4 Å². The van der Waals surface area contributed by atoms with E-state index in [0.717, 1.165) is 0 Å². The molecule has 0 bridgehead atoms. The second-order valence-electron chi connectivity index (χ2n) is 2.68. The Kier molecular flexibility index (Phi) is 8.27. The van der Waals surface area contributed by atoms with Crippen LogP contribution in [0.15, 0.2) is 48.8 Å². The fourth-order valence-corrected chi connectivity index (χ4v) is 0.873. The maximum Gasteiger partial charge on any atom is 2.00 e. The molecule has 2 heterocycles. The molecule has 0 amide bonds. The predicted molar refractivity (Wildman–Crippen MR) is 60.9 cm³/mol. The van der Waals surface area contributed by atoms with Gasteiger partial charge in [-0.05, 0) is 23.5 Å². The first-order chi connectivity index (χ1) is 7.86. The number of pyridine rings is 2. The zero-order valence-electron chi connectivity index (χ0n) is 8.83. The molecule has 0 aromatic carbocycles. The SMILES string of the molecule is [C-]#Cc1ccccn1.[C-]#Cc1ccccn1.[Pd+2]. The fourth-order valence-electron chi connectivity index (χ4n) is 0.873. The second-order valence-corrected chi connectivity index (χ2v) is 2.68. The molecule has 0 fully saturated rings. The van der Waals surface area contributed by atoms with Crippen LogP contribution in [0.5, 0.6) is 0 Å². The minimum atomic E-state index is 0. The molecule has 0 aliphatic rings. The van der Waals surface area contributed by atoms with Gasteiger partial charge in [-0.1, -0.05) is 12.1 Å². The van der Waals surface area contributed by atoms with Crippen LogP contribution in [-0.4, -0.2) is 9.97 Å². The quantitative estimate of drug-likeness (QED) is 0.423. The van der Waals surface area contributed by atoms with Crippen LogP contribution in [0.1, 0.15) is 11.4 Å². The molecule has 0 aliphatic carbocycles. The van der Waals surface area contributed by atoms with Gasteiger partial charge in [-0.2, -0.15) is 0 Å². The van der Waals surface area contributed by atoms with Crippen molar-refractivity contribution < 1.29 is 20.4 Å². The molecule has 17 heavy (non-hydrogen) atoms. The predicted octanol–water partition coefficient (Wildman–Crippen LogP) is 2.04. The molecule has 0 N–H and O–H groups in total. The van der Waals surface area contributed by atoms with Crippen molar-refractivity contribution >= 4 is 0 Å². The average Bonchev–Trinajstić information content (AvgIpc) is 2.41. The largest absolute Gasteiger partial charge is 2.00 e. The molecule has 0 radical (unpaired) electrons. The fraction of sp³-hybridized carbons (Fsp3) is 0. The third-order valence-electron chi connectivity index (χ3n) is 1.59. The molecule has 84 valence electrons. The molecule has 0 spiro atoms. The van der Waals surface area contributed by atoms with E-state index in [4.69, 9.17) is 12.8 Å². The normalized spacial score (nSPS) is 7.41. The number of aromatic nitrogens is 2. The van der Waals surface area contributed by atoms with Crippen molar-refractivity contribution in [3.63, 3.8) is 0 Å². The van der Waals surface area contributed by atoms with Gasteiger partial charge in [0.15, 0.2) is 0 Å². The van der Waals surface area contributed by atoms with Crippen molar-refractivity contribution in [1.82, 2.24) is 9.97 Å². The summed E-state index contributed by atoms with van der Waals surface area (Å²) in [6, 6.07) is 10.7. The summed E-state index contributed by atoms with van der Waals surface area (Å²) in [5, 5.41) is 0. The summed E-state index contributed by atoms with van der Waals surface area (Å²) in [5.74, 6) is 4.33. The summed E-state index contributed by atoms with van der Waals surface area (Å²) < 4.78 is 0. The first-order valence-electron chi connectivity index (χ1n) is 4.54. The molecule has 0 unspecified atom stereocenters. The molecule has 2 aromatic heterocycles. The van der Waals surface area contributed by atoms with E-state index in [2.05, 4.69) is 21.8 Å². The van der Waals surface area contributed by atoms with E-state index in [0.29, 0.717) is 11.4 Å². The van der Waals surface area contributed by atoms with Crippen LogP contribution < -0.4 is 0 Å². The topological polar surface area (TPSA) is 25.8 Å². The van der Waals surface area contributed by atoms with E-state index in [1.807, 2.05) is 12.1 Å². The maximum atomic E-state index is 6.63. The summed E-state index contributed by atoms with van der Waals surface area (Å²) in [4.78, 5) is 7.60. The minimum Gasteiger partial charge on any atom is -0.364 e. The summed E-state index contributed by atoms with van der Waals surface area (Å²) >= 11 is 0. The van der Waals surface area contributed by atoms with E-state index >= 15 is 0 Å². The number of rotatable bonds is 0. The van der Waals surface area contributed by atoms with Crippen molar-refractivity contribution in [1.29, 1.82) is 0 Å². The van der Waals surface area contributed by atoms with Crippen molar-refractivity contribution in [2.75, 3.05) is 0 Å². The Labute approximate surface area is 115 Å². The van der Waals surface area contributed by atoms with Crippen LogP contribution in [0.3, 0.4) is 0 Å². The van der Waals surface area contributed by atoms with E-state index in [1.54, 1.807) is 36.7 Å². The molecule has 0 aliphatic heterocycles. The molecule has 2 nitrogen and oxygen atoms in total. The summed E-state index contributed by atoms with van der Waals surface area (Å²) in [7, 11) is 0. The Hall–Kier alpha value is -1.92. The molecule has 3 heteroatoms. The van der Waals surface area contributed by atoms with Crippen LogP contribution >= 0.6 is 0 Å². The standard InChI is InChI=1S/2C7H4N.Pd/c2*1-2-7-5-3-4-6-8-7;/h2*3-6H;/q2*-1;+2. The molecular formula is C14H8N2Pd. The molecule has 0 saturated heterocycles. The number of nitrogens with zero attached hydrogens (tertiary/aromatic N) is 2. The summed E-state index contributed by atoms with van der Waals surface area (Å²) in [5.41, 5.74) is 1.15. The van der Waals surface area contributed by atoms with Gasteiger partial charge in [0.1, 0.15) is 0 Å². The third kappa shape index (κ3) is 6.29. The van der Waals surface area contributed by atoms with Crippen LogP contribution in [0.25, 0.3) is 0 Å². The van der Waals surface area contributed by atoms with Gasteiger partial charge in [0.05, 0.1) is 0 Å². The Balaban J connectivity index is 0.000000284. The van der Waals surface area contributed by atoms with Gasteiger partial charge in [0.25, 0.3) is 0 Å². The minimum absolute atomic E-state index is 0. The smallest absolute Gasteiger partial charge is 0.364 e. The summed E-state index contributed by atoms with van der Waals surface area (Å²) in [6.45, 7) is 0. The Morgan fingerprint density at radius 1 is 0.765 bits per heavy atom. The van der Waals surface area contributed by atoms with Gasteiger partial charge in [-0.25, -0.2) is 0 Å². The van der Waals surface area contributed by atoms with E-state index < -0.39 is 0 Å². The number of hydrogen-bond donors (Lipinski definition) is 0. The first kappa shape index (κ1) is 15.1. The van der Waals surface area contributed by atoms with Gasteiger partial charge >= 0.3 is 20.4 Å². The maximum absolute atomic E-state index is 6.63. The monoisotopic (exact) mass is 310 g/mol. The summed E-state index contributed by atoms with van der Waals surface area (Å²) in [6.07, 6.45) is 16.5. The molecular weight excluding hydrogens is 303 g/mol. The Morgan fingerprint density at radius 3 is 1.35 bits per heavy atom. The van der Waals surface area contributed by atoms with Crippen LogP contribution in [0.2, 0.25) is 0 Å². The van der Waals surface area contributed by atoms with Gasteiger partial charge in [-0.3, -0.25) is 11.8 Å². The molecule has 0 atom stereocenters. The van der Waals surface area contributed by atoms with Crippen molar-refractivity contribution in [3.8, 4) is 11.8 Å². The Morgan fingerprint density at radius 2 is 1.18 bits per heavy atom. The zero-order valence-corrected chi connectivity index (χ0v) is 10.4. The zero-order chi connectivity index (χ0) is 11.6. The first-order valence-corrected chi connectivity index (χ1v) is 4.54. The third-order valence-corrected chi connectivity index (χ3v) is 1.59. The van der Waals surface area contributed by atoms with Gasteiger partial charge in [0.2, 0.25) is 0 Å². The molecule has 0 saturated carbocycles. The van der Waals surface area contributed by atoms with E-state index in [9.17, 15) is 0 Å². The number of hydrogen-bond acceptors (Lipinski definition) is 2. The van der Waals surface area contributed by atoms with Crippen molar-refractivity contribution in [2.24, 2.45) is 0 Å². The van der Waals surface area contributed by atoms with Crippen LogP contribution in [0.4, 0.5) is 0 Å². The molecule has 2 rings (SSSR count).